The summed E-state index contributed by atoms with van der Waals surface area (Å²) in [6, 6.07) is 10.5. The van der Waals surface area contributed by atoms with Crippen molar-refractivity contribution in [2.45, 2.75) is 25.4 Å². The number of benzene rings is 1. The smallest absolute Gasteiger partial charge is 0.253 e. The van der Waals surface area contributed by atoms with Gasteiger partial charge < -0.3 is 15.1 Å². The van der Waals surface area contributed by atoms with Crippen molar-refractivity contribution in [1.29, 1.82) is 0 Å². The van der Waals surface area contributed by atoms with Crippen molar-refractivity contribution >= 4 is 23.4 Å². The van der Waals surface area contributed by atoms with Crippen LogP contribution in [0.5, 0.6) is 0 Å². The summed E-state index contributed by atoms with van der Waals surface area (Å²) >= 11 is 0. The molecule has 1 aromatic carbocycles. The molecule has 2 aromatic rings. The Bertz CT molecular complexity index is 941. The summed E-state index contributed by atoms with van der Waals surface area (Å²) in [5.41, 5.74) is 8.55. The van der Waals surface area contributed by atoms with E-state index in [1.54, 1.807) is 41.6 Å². The third kappa shape index (κ3) is 4.89. The van der Waals surface area contributed by atoms with E-state index in [4.69, 9.17) is 0 Å². The minimum atomic E-state index is -0.297. The van der Waals surface area contributed by atoms with Gasteiger partial charge in [0.2, 0.25) is 11.8 Å². The van der Waals surface area contributed by atoms with Gasteiger partial charge in [-0.05, 0) is 42.3 Å². The van der Waals surface area contributed by atoms with Gasteiger partial charge in [-0.3, -0.25) is 19.4 Å². The Balaban J connectivity index is 1.29. The van der Waals surface area contributed by atoms with Crippen molar-refractivity contribution in [1.82, 2.24) is 25.6 Å². The first kappa shape index (κ1) is 21.0. The summed E-state index contributed by atoms with van der Waals surface area (Å²) in [7, 11) is 0. The monoisotopic (exact) mass is 422 g/mol. The van der Waals surface area contributed by atoms with Crippen LogP contribution in [0.3, 0.4) is 0 Å². The molecular weight excluding hydrogens is 396 g/mol. The quantitative estimate of drug-likeness (QED) is 0.677. The zero-order valence-corrected chi connectivity index (χ0v) is 17.4. The van der Waals surface area contributed by atoms with Crippen molar-refractivity contribution in [3.8, 4) is 0 Å². The zero-order valence-electron chi connectivity index (χ0n) is 17.4. The van der Waals surface area contributed by atoms with Crippen LogP contribution in [0.1, 0.15) is 35.3 Å². The Morgan fingerprint density at radius 1 is 1.00 bits per heavy atom. The van der Waals surface area contributed by atoms with Crippen molar-refractivity contribution in [2.75, 3.05) is 31.5 Å². The molecule has 0 spiro atoms. The first-order valence-electron chi connectivity index (χ1n) is 10.4. The minimum Gasteiger partial charge on any atom is -0.338 e. The molecule has 0 aliphatic carbocycles. The maximum atomic E-state index is 12.9. The summed E-state index contributed by atoms with van der Waals surface area (Å²) in [6.45, 7) is 3.43. The number of carbonyl (C=O) groups is 3. The van der Waals surface area contributed by atoms with E-state index in [0.717, 1.165) is 5.56 Å². The average Bonchev–Trinajstić information content (AvgIpc) is 3.29. The molecule has 2 aliphatic heterocycles. The van der Waals surface area contributed by atoms with Crippen LogP contribution >= 0.6 is 0 Å². The predicted molar refractivity (Wildman–Crippen MR) is 115 cm³/mol. The van der Waals surface area contributed by atoms with E-state index in [2.05, 4.69) is 21.2 Å². The van der Waals surface area contributed by atoms with Gasteiger partial charge in [-0.2, -0.15) is 0 Å². The first-order valence-corrected chi connectivity index (χ1v) is 10.4. The SMILES string of the molecule is CC(=O)Nc1ccc(C(=O)N2CCN(C(=O)C3CC(c4cccnc4)NN3)CC2)cc1. The fourth-order valence-electron chi connectivity index (χ4n) is 3.95. The number of nitrogens with zero attached hydrogens (tertiary/aromatic N) is 3. The van der Waals surface area contributed by atoms with E-state index in [1.165, 1.54) is 6.92 Å². The van der Waals surface area contributed by atoms with Gasteiger partial charge in [0, 0.05) is 62.8 Å². The van der Waals surface area contributed by atoms with Crippen LogP contribution in [0.15, 0.2) is 48.8 Å². The van der Waals surface area contributed by atoms with Gasteiger partial charge in [0.25, 0.3) is 5.91 Å². The Labute approximate surface area is 180 Å². The fourth-order valence-corrected chi connectivity index (χ4v) is 3.95. The van der Waals surface area contributed by atoms with Gasteiger partial charge >= 0.3 is 0 Å². The molecule has 2 saturated heterocycles. The van der Waals surface area contributed by atoms with E-state index in [1.807, 2.05) is 17.0 Å². The molecule has 2 fully saturated rings. The molecule has 3 amide bonds. The molecule has 9 heteroatoms. The lowest BCUT2D eigenvalue weighted by molar-refractivity contribution is -0.134. The van der Waals surface area contributed by atoms with Crippen LogP contribution in [-0.4, -0.2) is 64.7 Å². The number of nitrogens with one attached hydrogen (secondary N) is 3. The summed E-state index contributed by atoms with van der Waals surface area (Å²) in [4.78, 5) is 44.5. The van der Waals surface area contributed by atoms with E-state index < -0.39 is 0 Å². The summed E-state index contributed by atoms with van der Waals surface area (Å²) < 4.78 is 0. The highest BCUT2D eigenvalue weighted by Gasteiger charge is 2.34. The zero-order chi connectivity index (χ0) is 21.8. The van der Waals surface area contributed by atoms with Crippen LogP contribution in [0.2, 0.25) is 0 Å². The number of amides is 3. The summed E-state index contributed by atoms with van der Waals surface area (Å²) in [6.07, 6.45) is 4.19. The molecule has 3 heterocycles. The number of carbonyl (C=O) groups excluding carboxylic acids is 3. The molecule has 2 atom stereocenters. The lowest BCUT2D eigenvalue weighted by atomic mass is 10.0. The van der Waals surface area contributed by atoms with E-state index in [-0.39, 0.29) is 29.8 Å². The van der Waals surface area contributed by atoms with Crippen LogP contribution in [0.4, 0.5) is 5.69 Å². The molecule has 0 bridgehead atoms. The molecule has 4 rings (SSSR count). The van der Waals surface area contributed by atoms with Gasteiger partial charge in [-0.25, -0.2) is 10.9 Å². The van der Waals surface area contributed by atoms with Crippen molar-refractivity contribution in [2.24, 2.45) is 0 Å². The average molecular weight is 422 g/mol. The standard InChI is InChI=1S/C22H26N6O3/c1-15(29)24-18-6-4-16(5-7-18)21(30)27-9-11-28(12-10-27)22(31)20-13-19(25-26-20)17-3-2-8-23-14-17/h2-8,14,19-20,25-26H,9-13H2,1H3,(H,24,29). The lowest BCUT2D eigenvalue weighted by Crippen LogP contribution is -2.54. The van der Waals surface area contributed by atoms with Crippen molar-refractivity contribution in [3.05, 3.63) is 59.9 Å². The molecule has 0 saturated carbocycles. The number of piperazine rings is 1. The number of anilines is 1. The number of aromatic nitrogens is 1. The second-order valence-corrected chi connectivity index (χ2v) is 7.79. The molecular formula is C22H26N6O3. The van der Waals surface area contributed by atoms with Gasteiger partial charge in [-0.1, -0.05) is 6.07 Å². The third-order valence-corrected chi connectivity index (χ3v) is 5.62. The van der Waals surface area contributed by atoms with Crippen LogP contribution in [-0.2, 0) is 9.59 Å². The van der Waals surface area contributed by atoms with E-state index in [0.29, 0.717) is 43.9 Å². The second-order valence-electron chi connectivity index (χ2n) is 7.79. The number of pyridine rings is 1. The molecule has 3 N–H and O–H groups in total. The molecule has 31 heavy (non-hydrogen) atoms. The summed E-state index contributed by atoms with van der Waals surface area (Å²) in [5.74, 6) is -0.178. The molecule has 2 aliphatic rings. The topological polar surface area (TPSA) is 107 Å². The van der Waals surface area contributed by atoms with E-state index in [9.17, 15) is 14.4 Å². The Morgan fingerprint density at radius 3 is 2.35 bits per heavy atom. The van der Waals surface area contributed by atoms with Crippen molar-refractivity contribution in [3.63, 3.8) is 0 Å². The number of hydrogen-bond donors (Lipinski definition) is 3. The van der Waals surface area contributed by atoms with Crippen molar-refractivity contribution < 1.29 is 14.4 Å². The predicted octanol–water partition coefficient (Wildman–Crippen LogP) is 0.932. The fraction of sp³-hybridized carbons (Fsp3) is 0.364. The third-order valence-electron chi connectivity index (χ3n) is 5.62. The minimum absolute atomic E-state index is 0.0469. The normalized spacial score (nSPS) is 21.1. The highest BCUT2D eigenvalue weighted by Crippen LogP contribution is 2.23. The highest BCUT2D eigenvalue weighted by atomic mass is 16.2. The molecule has 1 aromatic heterocycles. The number of hydrogen-bond acceptors (Lipinski definition) is 6. The van der Waals surface area contributed by atoms with Gasteiger partial charge in [-0.15, -0.1) is 0 Å². The second kappa shape index (κ2) is 9.23. The Kier molecular flexibility index (Phi) is 6.24. The van der Waals surface area contributed by atoms with Gasteiger partial charge in [0.05, 0.1) is 0 Å². The molecule has 162 valence electrons. The highest BCUT2D eigenvalue weighted by molar-refractivity contribution is 5.95. The summed E-state index contributed by atoms with van der Waals surface area (Å²) in [5, 5.41) is 2.69. The van der Waals surface area contributed by atoms with Crippen LogP contribution in [0, 0.1) is 0 Å². The van der Waals surface area contributed by atoms with Crippen LogP contribution < -0.4 is 16.2 Å². The maximum absolute atomic E-state index is 12.9. The van der Waals surface area contributed by atoms with Gasteiger partial charge in [0.15, 0.2) is 0 Å². The maximum Gasteiger partial charge on any atom is 0.253 e. The molecule has 0 radical (unpaired) electrons. The lowest BCUT2D eigenvalue weighted by Gasteiger charge is -2.36. The Hall–Kier alpha value is -3.30. The number of rotatable bonds is 4. The van der Waals surface area contributed by atoms with Crippen LogP contribution in [0.25, 0.3) is 0 Å². The molecule has 9 nitrogen and oxygen atoms in total. The molecule has 2 unspecified atom stereocenters. The van der Waals surface area contributed by atoms with Gasteiger partial charge in [0.1, 0.15) is 6.04 Å². The van der Waals surface area contributed by atoms with E-state index >= 15 is 0 Å². The largest absolute Gasteiger partial charge is 0.338 e. The number of hydrazine groups is 1. The first-order chi connectivity index (χ1) is 15.0. The Morgan fingerprint density at radius 2 is 1.71 bits per heavy atom.